The van der Waals surface area contributed by atoms with Crippen LogP contribution in [0.4, 0.5) is 4.79 Å². The molecule has 0 aromatic heterocycles. The van der Waals surface area contributed by atoms with Gasteiger partial charge < -0.3 is 14.7 Å². The normalized spacial score (nSPS) is 34.0. The van der Waals surface area contributed by atoms with Crippen molar-refractivity contribution in [1.82, 2.24) is 4.90 Å². The molecule has 1 saturated heterocycles. The molecule has 2 rings (SSSR count). The minimum Gasteiger partial charge on any atom is -0.444 e. The molecule has 1 aliphatic carbocycles. The Labute approximate surface area is 96.6 Å². The smallest absolute Gasteiger partial charge is 0.410 e. The van der Waals surface area contributed by atoms with Gasteiger partial charge in [-0.3, -0.25) is 0 Å². The maximum atomic E-state index is 11.8. The number of rotatable bonds is 0. The van der Waals surface area contributed by atoms with Crippen molar-refractivity contribution < 1.29 is 14.6 Å². The summed E-state index contributed by atoms with van der Waals surface area (Å²) in [6.07, 6.45) is 1.45. The first-order valence-electron chi connectivity index (χ1n) is 6.03. The first-order valence-corrected chi connectivity index (χ1v) is 6.03. The Kier molecular flexibility index (Phi) is 2.86. The zero-order valence-electron chi connectivity index (χ0n) is 10.3. The topological polar surface area (TPSA) is 49.8 Å². The lowest BCUT2D eigenvalue weighted by Gasteiger charge is -2.25. The average Bonchev–Trinajstić information content (AvgIpc) is 2.65. The Morgan fingerprint density at radius 2 is 2.00 bits per heavy atom. The number of carbonyl (C=O) groups excluding carboxylic acids is 1. The van der Waals surface area contributed by atoms with E-state index in [-0.39, 0.29) is 18.1 Å². The van der Waals surface area contributed by atoms with Crippen LogP contribution in [0.2, 0.25) is 0 Å². The molecule has 4 nitrogen and oxygen atoms in total. The van der Waals surface area contributed by atoms with Gasteiger partial charge in [-0.15, -0.1) is 0 Å². The van der Waals surface area contributed by atoms with Crippen LogP contribution < -0.4 is 0 Å². The summed E-state index contributed by atoms with van der Waals surface area (Å²) >= 11 is 0. The van der Waals surface area contributed by atoms with E-state index in [4.69, 9.17) is 4.74 Å². The summed E-state index contributed by atoms with van der Waals surface area (Å²) in [7, 11) is 0. The first kappa shape index (κ1) is 11.7. The van der Waals surface area contributed by atoms with E-state index in [2.05, 4.69) is 0 Å². The molecule has 2 fully saturated rings. The molecule has 1 heterocycles. The molecule has 2 aliphatic rings. The number of likely N-dealkylation sites (tertiary alicyclic amines) is 1. The van der Waals surface area contributed by atoms with Crippen LogP contribution in [0.25, 0.3) is 0 Å². The second-order valence-corrected chi connectivity index (χ2v) is 5.95. The fourth-order valence-corrected chi connectivity index (χ4v) is 2.71. The quantitative estimate of drug-likeness (QED) is 0.684. The van der Waals surface area contributed by atoms with Crippen molar-refractivity contribution in [2.45, 2.75) is 45.3 Å². The average molecular weight is 227 g/mol. The van der Waals surface area contributed by atoms with Crippen LogP contribution in [0, 0.1) is 11.8 Å². The van der Waals surface area contributed by atoms with Crippen LogP contribution in [0.1, 0.15) is 33.6 Å². The summed E-state index contributed by atoms with van der Waals surface area (Å²) in [5, 5.41) is 9.75. The lowest BCUT2D eigenvalue weighted by atomic mass is 10.00. The number of ether oxygens (including phenoxy) is 1. The molecule has 3 unspecified atom stereocenters. The molecule has 0 radical (unpaired) electrons. The molecule has 0 spiro atoms. The van der Waals surface area contributed by atoms with Gasteiger partial charge in [0, 0.05) is 19.0 Å². The molecule has 0 aromatic rings. The molecule has 1 amide bonds. The van der Waals surface area contributed by atoms with Crippen molar-refractivity contribution in [3.05, 3.63) is 0 Å². The van der Waals surface area contributed by atoms with Gasteiger partial charge in [0.05, 0.1) is 6.10 Å². The molecule has 1 aliphatic heterocycles. The Balaban J connectivity index is 1.92. The highest BCUT2D eigenvalue weighted by atomic mass is 16.6. The van der Waals surface area contributed by atoms with Crippen LogP contribution in [0.3, 0.4) is 0 Å². The summed E-state index contributed by atoms with van der Waals surface area (Å²) in [6.45, 7) is 7.02. The van der Waals surface area contributed by atoms with E-state index in [1.807, 2.05) is 20.8 Å². The SMILES string of the molecule is CC(C)(C)OC(=O)N1CC2CCC(O)C2C1. The highest BCUT2D eigenvalue weighted by Crippen LogP contribution is 2.38. The Hall–Kier alpha value is -0.770. The van der Waals surface area contributed by atoms with Crippen LogP contribution in [0.5, 0.6) is 0 Å². The predicted molar refractivity (Wildman–Crippen MR) is 60.0 cm³/mol. The molecule has 0 bridgehead atoms. The van der Waals surface area contributed by atoms with Crippen molar-refractivity contribution in [3.63, 3.8) is 0 Å². The minimum atomic E-state index is -0.437. The van der Waals surface area contributed by atoms with Crippen molar-refractivity contribution >= 4 is 6.09 Å². The highest BCUT2D eigenvalue weighted by Gasteiger charge is 2.44. The number of hydrogen-bond donors (Lipinski definition) is 1. The summed E-state index contributed by atoms with van der Waals surface area (Å²) in [5.41, 5.74) is -0.437. The van der Waals surface area contributed by atoms with E-state index in [9.17, 15) is 9.90 Å². The summed E-state index contributed by atoms with van der Waals surface area (Å²) in [6, 6.07) is 0. The Morgan fingerprint density at radius 1 is 1.31 bits per heavy atom. The van der Waals surface area contributed by atoms with Gasteiger partial charge >= 0.3 is 6.09 Å². The fourth-order valence-electron chi connectivity index (χ4n) is 2.71. The first-order chi connectivity index (χ1) is 7.37. The van der Waals surface area contributed by atoms with Gasteiger partial charge in [0.2, 0.25) is 0 Å². The summed E-state index contributed by atoms with van der Waals surface area (Å²) in [4.78, 5) is 13.6. The highest BCUT2D eigenvalue weighted by molar-refractivity contribution is 5.68. The van der Waals surface area contributed by atoms with Crippen molar-refractivity contribution in [2.24, 2.45) is 11.8 Å². The number of aliphatic hydroxyl groups is 1. The van der Waals surface area contributed by atoms with Crippen LogP contribution >= 0.6 is 0 Å². The largest absolute Gasteiger partial charge is 0.444 e. The van der Waals surface area contributed by atoms with Gasteiger partial charge in [0.25, 0.3) is 0 Å². The third-order valence-electron chi connectivity index (χ3n) is 3.47. The van der Waals surface area contributed by atoms with E-state index >= 15 is 0 Å². The van der Waals surface area contributed by atoms with Gasteiger partial charge in [0.15, 0.2) is 0 Å². The monoisotopic (exact) mass is 227 g/mol. The standard InChI is InChI=1S/C12H21NO3/c1-12(2,3)16-11(15)13-6-8-4-5-10(14)9(8)7-13/h8-10,14H,4-7H2,1-3H3. The molecular weight excluding hydrogens is 206 g/mol. The van der Waals surface area contributed by atoms with Gasteiger partial charge in [-0.25, -0.2) is 4.79 Å². The van der Waals surface area contributed by atoms with Gasteiger partial charge in [-0.1, -0.05) is 0 Å². The van der Waals surface area contributed by atoms with E-state index in [0.717, 1.165) is 19.4 Å². The van der Waals surface area contributed by atoms with Gasteiger partial charge in [0.1, 0.15) is 5.60 Å². The molecule has 4 heteroatoms. The zero-order valence-corrected chi connectivity index (χ0v) is 10.3. The summed E-state index contributed by atoms with van der Waals surface area (Å²) in [5.74, 6) is 0.745. The molecule has 0 aromatic carbocycles. The number of aliphatic hydroxyl groups excluding tert-OH is 1. The lowest BCUT2D eigenvalue weighted by Crippen LogP contribution is -2.36. The van der Waals surface area contributed by atoms with E-state index < -0.39 is 5.60 Å². The second-order valence-electron chi connectivity index (χ2n) is 5.95. The Bertz CT molecular complexity index is 284. The van der Waals surface area contributed by atoms with E-state index in [1.165, 1.54) is 0 Å². The summed E-state index contributed by atoms with van der Waals surface area (Å²) < 4.78 is 5.33. The van der Waals surface area contributed by atoms with Crippen LogP contribution in [-0.4, -0.2) is 40.9 Å². The van der Waals surface area contributed by atoms with Crippen LogP contribution in [-0.2, 0) is 4.74 Å². The van der Waals surface area contributed by atoms with Gasteiger partial charge in [-0.05, 0) is 39.5 Å². The van der Waals surface area contributed by atoms with E-state index in [1.54, 1.807) is 4.90 Å². The molecular formula is C12H21NO3. The van der Waals surface area contributed by atoms with Crippen LogP contribution in [0.15, 0.2) is 0 Å². The second kappa shape index (κ2) is 3.91. The number of amides is 1. The molecule has 16 heavy (non-hydrogen) atoms. The molecule has 1 N–H and O–H groups in total. The Morgan fingerprint density at radius 3 is 2.56 bits per heavy atom. The van der Waals surface area contributed by atoms with Crippen molar-refractivity contribution in [3.8, 4) is 0 Å². The lowest BCUT2D eigenvalue weighted by molar-refractivity contribution is 0.0263. The van der Waals surface area contributed by atoms with Gasteiger partial charge in [-0.2, -0.15) is 0 Å². The minimum absolute atomic E-state index is 0.225. The molecule has 1 saturated carbocycles. The maximum absolute atomic E-state index is 11.8. The molecule has 3 atom stereocenters. The number of carbonyl (C=O) groups is 1. The van der Waals surface area contributed by atoms with Crippen molar-refractivity contribution in [1.29, 1.82) is 0 Å². The number of fused-ring (bicyclic) bond motifs is 1. The maximum Gasteiger partial charge on any atom is 0.410 e. The number of hydrogen-bond acceptors (Lipinski definition) is 3. The fraction of sp³-hybridized carbons (Fsp3) is 0.917. The van der Waals surface area contributed by atoms with Crippen molar-refractivity contribution in [2.75, 3.05) is 13.1 Å². The third-order valence-corrected chi connectivity index (χ3v) is 3.47. The van der Waals surface area contributed by atoms with E-state index in [0.29, 0.717) is 12.5 Å². The third kappa shape index (κ3) is 2.32. The zero-order chi connectivity index (χ0) is 11.9. The molecule has 92 valence electrons. The predicted octanol–water partition coefficient (Wildman–Crippen LogP) is 1.62. The number of nitrogens with zero attached hydrogens (tertiary/aromatic N) is 1.